The van der Waals surface area contributed by atoms with E-state index in [2.05, 4.69) is 5.32 Å². The summed E-state index contributed by atoms with van der Waals surface area (Å²) >= 11 is 6.19. The number of nitrogens with zero attached hydrogens (tertiary/aromatic N) is 1. The highest BCUT2D eigenvalue weighted by atomic mass is 35.5. The number of aryl methyl sites for hydroxylation is 3. The molecule has 4 rings (SSSR count). The summed E-state index contributed by atoms with van der Waals surface area (Å²) in [7, 11) is 0. The Kier molecular flexibility index (Phi) is 6.25. The predicted molar refractivity (Wildman–Crippen MR) is 133 cm³/mol. The van der Waals surface area contributed by atoms with Gasteiger partial charge in [0.25, 0.3) is 11.8 Å². The molecule has 0 fully saturated rings. The van der Waals surface area contributed by atoms with Gasteiger partial charge in [-0.15, -0.1) is 0 Å². The smallest absolute Gasteiger partial charge is 0.282 e. The van der Waals surface area contributed by atoms with Crippen LogP contribution in [0.1, 0.15) is 29.2 Å². The van der Waals surface area contributed by atoms with Crippen LogP contribution in [0, 0.1) is 20.8 Å². The second-order valence-corrected chi connectivity index (χ2v) is 8.44. The number of imide groups is 1. The van der Waals surface area contributed by atoms with Gasteiger partial charge in [-0.25, -0.2) is 4.90 Å². The number of carbonyl (C=O) groups is 2. The number of hydrogen-bond donors (Lipinski definition) is 1. The van der Waals surface area contributed by atoms with Gasteiger partial charge in [-0.3, -0.25) is 9.59 Å². The van der Waals surface area contributed by atoms with Crippen molar-refractivity contribution in [1.82, 2.24) is 0 Å². The molecule has 0 aliphatic carbocycles. The summed E-state index contributed by atoms with van der Waals surface area (Å²) in [5, 5.41) is 3.74. The predicted octanol–water partition coefficient (Wildman–Crippen LogP) is 6.06. The van der Waals surface area contributed by atoms with Crippen LogP contribution in [0.2, 0.25) is 5.02 Å². The standard InChI is InChI=1S/C27H25ClN2O3/c1-5-33-22-12-10-21(11-13-22)30-26(31)24(19-8-6-16(2)18(4)14-19)25(27(30)32)29-23-15-20(28)9-7-17(23)3/h6-15,29H,5H2,1-4H3. The minimum atomic E-state index is -0.420. The summed E-state index contributed by atoms with van der Waals surface area (Å²) in [4.78, 5) is 28.4. The van der Waals surface area contributed by atoms with E-state index in [-0.39, 0.29) is 11.6 Å². The van der Waals surface area contributed by atoms with Crippen LogP contribution in [-0.4, -0.2) is 18.4 Å². The Hall–Kier alpha value is -3.57. The number of hydrogen-bond acceptors (Lipinski definition) is 4. The van der Waals surface area contributed by atoms with Crippen molar-refractivity contribution in [3.63, 3.8) is 0 Å². The van der Waals surface area contributed by atoms with E-state index in [1.54, 1.807) is 36.4 Å². The molecule has 2 amide bonds. The highest BCUT2D eigenvalue weighted by molar-refractivity contribution is 6.46. The average Bonchev–Trinajstić information content (AvgIpc) is 3.03. The van der Waals surface area contributed by atoms with E-state index in [9.17, 15) is 9.59 Å². The van der Waals surface area contributed by atoms with Gasteiger partial charge in [0, 0.05) is 10.7 Å². The molecule has 0 radical (unpaired) electrons. The number of carbonyl (C=O) groups excluding carboxylic acids is 2. The van der Waals surface area contributed by atoms with Crippen LogP contribution in [0.3, 0.4) is 0 Å². The van der Waals surface area contributed by atoms with Gasteiger partial charge in [0.1, 0.15) is 11.4 Å². The quantitative estimate of drug-likeness (QED) is 0.454. The lowest BCUT2D eigenvalue weighted by Gasteiger charge is -2.16. The normalized spacial score (nSPS) is 13.7. The Morgan fingerprint density at radius 1 is 0.848 bits per heavy atom. The molecule has 1 aliphatic heterocycles. The lowest BCUT2D eigenvalue weighted by Crippen LogP contribution is -2.32. The first-order valence-electron chi connectivity index (χ1n) is 10.8. The second-order valence-electron chi connectivity index (χ2n) is 8.01. The molecule has 3 aromatic rings. The first-order chi connectivity index (χ1) is 15.8. The van der Waals surface area contributed by atoms with E-state index in [4.69, 9.17) is 16.3 Å². The number of amides is 2. The third-order valence-corrected chi connectivity index (χ3v) is 5.98. The summed E-state index contributed by atoms with van der Waals surface area (Å²) in [6, 6.07) is 18.1. The molecule has 6 heteroatoms. The van der Waals surface area contributed by atoms with E-state index >= 15 is 0 Å². The zero-order valence-electron chi connectivity index (χ0n) is 19.0. The Labute approximate surface area is 198 Å². The van der Waals surface area contributed by atoms with Crippen LogP contribution < -0.4 is 15.0 Å². The van der Waals surface area contributed by atoms with Gasteiger partial charge >= 0.3 is 0 Å². The molecule has 168 valence electrons. The van der Waals surface area contributed by atoms with E-state index in [0.29, 0.717) is 39.9 Å². The topological polar surface area (TPSA) is 58.6 Å². The summed E-state index contributed by atoms with van der Waals surface area (Å²) in [6.45, 7) is 8.35. The third kappa shape index (κ3) is 4.37. The zero-order valence-corrected chi connectivity index (χ0v) is 19.8. The summed E-state index contributed by atoms with van der Waals surface area (Å²) in [5.41, 5.74) is 5.46. The maximum absolute atomic E-state index is 13.6. The highest BCUT2D eigenvalue weighted by Gasteiger charge is 2.40. The Balaban J connectivity index is 1.82. The molecule has 5 nitrogen and oxygen atoms in total. The lowest BCUT2D eigenvalue weighted by molar-refractivity contribution is -0.120. The minimum Gasteiger partial charge on any atom is -0.494 e. The van der Waals surface area contributed by atoms with Crippen LogP contribution in [-0.2, 0) is 9.59 Å². The van der Waals surface area contributed by atoms with Crippen molar-refractivity contribution in [1.29, 1.82) is 0 Å². The molecule has 0 spiro atoms. The number of ether oxygens (including phenoxy) is 1. The van der Waals surface area contributed by atoms with Crippen molar-refractivity contribution < 1.29 is 14.3 Å². The summed E-state index contributed by atoms with van der Waals surface area (Å²) < 4.78 is 5.49. The first kappa shape index (κ1) is 22.6. The Bertz CT molecular complexity index is 1280. The lowest BCUT2D eigenvalue weighted by atomic mass is 9.99. The van der Waals surface area contributed by atoms with Crippen molar-refractivity contribution >= 4 is 40.4 Å². The number of benzene rings is 3. The van der Waals surface area contributed by atoms with Gasteiger partial charge in [-0.1, -0.05) is 35.9 Å². The van der Waals surface area contributed by atoms with E-state index < -0.39 is 5.91 Å². The van der Waals surface area contributed by atoms with E-state index in [1.807, 2.05) is 52.0 Å². The average molecular weight is 461 g/mol. The van der Waals surface area contributed by atoms with Crippen molar-refractivity contribution in [2.45, 2.75) is 27.7 Å². The first-order valence-corrected chi connectivity index (χ1v) is 11.1. The molecule has 33 heavy (non-hydrogen) atoms. The Morgan fingerprint density at radius 3 is 2.21 bits per heavy atom. The SMILES string of the molecule is CCOc1ccc(N2C(=O)C(Nc3cc(Cl)ccc3C)=C(c3ccc(C)c(C)c3)C2=O)cc1. The molecule has 0 bridgehead atoms. The van der Waals surface area contributed by atoms with Crippen molar-refractivity contribution in [2.75, 3.05) is 16.8 Å². The zero-order chi connectivity index (χ0) is 23.7. The van der Waals surface area contributed by atoms with Crippen LogP contribution in [0.15, 0.2) is 66.4 Å². The fraction of sp³-hybridized carbons (Fsp3) is 0.185. The molecule has 1 heterocycles. The van der Waals surface area contributed by atoms with E-state index in [1.165, 1.54) is 4.90 Å². The van der Waals surface area contributed by atoms with Gasteiger partial charge in [-0.05, 0) is 86.3 Å². The maximum atomic E-state index is 13.6. The largest absolute Gasteiger partial charge is 0.494 e. The molecule has 0 unspecified atom stereocenters. The highest BCUT2D eigenvalue weighted by Crippen LogP contribution is 2.35. The molecule has 0 saturated carbocycles. The van der Waals surface area contributed by atoms with Gasteiger partial charge in [0.05, 0.1) is 17.9 Å². The fourth-order valence-electron chi connectivity index (χ4n) is 3.77. The third-order valence-electron chi connectivity index (χ3n) is 5.74. The molecule has 1 aliphatic rings. The monoisotopic (exact) mass is 460 g/mol. The van der Waals surface area contributed by atoms with Crippen LogP contribution in [0.4, 0.5) is 11.4 Å². The van der Waals surface area contributed by atoms with Crippen molar-refractivity contribution in [3.8, 4) is 5.75 Å². The number of halogens is 1. The second kappa shape index (κ2) is 9.12. The maximum Gasteiger partial charge on any atom is 0.282 e. The molecule has 3 aromatic carbocycles. The summed E-state index contributed by atoms with van der Waals surface area (Å²) in [6.07, 6.45) is 0. The number of rotatable bonds is 6. The molecular formula is C27H25ClN2O3. The Morgan fingerprint density at radius 2 is 1.55 bits per heavy atom. The fourth-order valence-corrected chi connectivity index (χ4v) is 3.94. The number of anilines is 2. The van der Waals surface area contributed by atoms with Gasteiger partial charge in [-0.2, -0.15) is 0 Å². The molecule has 0 aromatic heterocycles. The molecule has 0 saturated heterocycles. The van der Waals surface area contributed by atoms with Gasteiger partial charge < -0.3 is 10.1 Å². The van der Waals surface area contributed by atoms with Crippen LogP contribution >= 0.6 is 11.6 Å². The van der Waals surface area contributed by atoms with Crippen LogP contribution in [0.25, 0.3) is 5.57 Å². The molecule has 0 atom stereocenters. The summed E-state index contributed by atoms with van der Waals surface area (Å²) in [5.74, 6) is -0.123. The van der Waals surface area contributed by atoms with Gasteiger partial charge in [0.2, 0.25) is 0 Å². The van der Waals surface area contributed by atoms with E-state index in [0.717, 1.165) is 16.7 Å². The van der Waals surface area contributed by atoms with Gasteiger partial charge in [0.15, 0.2) is 0 Å². The molecular weight excluding hydrogens is 436 g/mol. The molecule has 1 N–H and O–H groups in total. The van der Waals surface area contributed by atoms with Crippen molar-refractivity contribution in [2.24, 2.45) is 0 Å². The van der Waals surface area contributed by atoms with Crippen molar-refractivity contribution in [3.05, 3.63) is 93.6 Å². The minimum absolute atomic E-state index is 0.225. The van der Waals surface area contributed by atoms with Crippen LogP contribution in [0.5, 0.6) is 5.75 Å². The number of nitrogens with one attached hydrogen (secondary N) is 1.